The number of thiophene rings is 1. The van der Waals surface area contributed by atoms with Gasteiger partial charge in [0.2, 0.25) is 0 Å². The summed E-state index contributed by atoms with van der Waals surface area (Å²) in [6, 6.07) is 9.01. The quantitative estimate of drug-likeness (QED) is 0.322. The lowest BCUT2D eigenvalue weighted by atomic mass is 9.96. The van der Waals surface area contributed by atoms with E-state index in [1.54, 1.807) is 32.0 Å². The highest BCUT2D eigenvalue weighted by molar-refractivity contribution is 7.16. The van der Waals surface area contributed by atoms with Crippen molar-refractivity contribution in [3.63, 3.8) is 0 Å². The number of aryl methyl sites for hydroxylation is 1. The van der Waals surface area contributed by atoms with Gasteiger partial charge in [0.1, 0.15) is 22.7 Å². The molecule has 0 aliphatic heterocycles. The molecule has 1 N–H and O–H groups in total. The molecule has 1 amide bonds. The molecule has 0 saturated carbocycles. The third-order valence-corrected chi connectivity index (χ3v) is 6.31. The highest BCUT2D eigenvalue weighted by Gasteiger charge is 2.23. The number of hydrogen-bond donors (Lipinski definition) is 1. The summed E-state index contributed by atoms with van der Waals surface area (Å²) in [5.41, 5.74) is 1.94. The maximum atomic E-state index is 12.8. The molecule has 0 fully saturated rings. The molecule has 3 rings (SSSR count). The highest BCUT2D eigenvalue weighted by atomic mass is 32.1. The second-order valence-corrected chi connectivity index (χ2v) is 8.49. The number of rotatable bonds is 9. The van der Waals surface area contributed by atoms with E-state index >= 15 is 0 Å². The molecule has 0 saturated heterocycles. The maximum Gasteiger partial charge on any atom is 0.344 e. The van der Waals surface area contributed by atoms with Crippen molar-refractivity contribution in [2.45, 2.75) is 39.5 Å². The Balaban J connectivity index is 1.80. The lowest BCUT2D eigenvalue weighted by molar-refractivity contribution is -0.145. The molecular formula is C25H25N3O5S. The number of nitriles is 2. The molecule has 1 heterocycles. The predicted molar refractivity (Wildman–Crippen MR) is 128 cm³/mol. The lowest BCUT2D eigenvalue weighted by Crippen LogP contribution is -2.15. The number of amides is 1. The molecule has 1 aliphatic carbocycles. The first-order valence-corrected chi connectivity index (χ1v) is 11.8. The molecule has 0 atom stereocenters. The first-order valence-electron chi connectivity index (χ1n) is 11.0. The van der Waals surface area contributed by atoms with Crippen LogP contribution in [0, 0.1) is 22.7 Å². The van der Waals surface area contributed by atoms with E-state index in [0.29, 0.717) is 34.2 Å². The van der Waals surface area contributed by atoms with Crippen LogP contribution in [-0.2, 0) is 27.2 Å². The third kappa shape index (κ3) is 5.94. The Kier molecular flexibility index (Phi) is 8.66. The van der Waals surface area contributed by atoms with E-state index in [-0.39, 0.29) is 18.8 Å². The van der Waals surface area contributed by atoms with Gasteiger partial charge in [0.15, 0.2) is 18.1 Å². The Morgan fingerprint density at radius 3 is 2.62 bits per heavy atom. The van der Waals surface area contributed by atoms with Gasteiger partial charge in [-0.05, 0) is 68.9 Å². The summed E-state index contributed by atoms with van der Waals surface area (Å²) in [4.78, 5) is 25.5. The summed E-state index contributed by atoms with van der Waals surface area (Å²) in [7, 11) is 0. The minimum atomic E-state index is -0.585. The second-order valence-electron chi connectivity index (χ2n) is 7.38. The number of benzene rings is 1. The fourth-order valence-corrected chi connectivity index (χ4v) is 4.83. The second kappa shape index (κ2) is 11.9. The van der Waals surface area contributed by atoms with E-state index in [4.69, 9.17) is 14.2 Å². The van der Waals surface area contributed by atoms with Gasteiger partial charge < -0.3 is 19.5 Å². The SMILES string of the molecule is CCOC(=O)COc1ccc(/C=C(\C#N)C(=O)Nc2sc3c(c2C#N)CCCC3)cc1OCC. The Labute approximate surface area is 202 Å². The number of fused-ring (bicyclic) bond motifs is 1. The van der Waals surface area contributed by atoms with Crippen LogP contribution in [-0.4, -0.2) is 31.7 Å². The lowest BCUT2D eigenvalue weighted by Gasteiger charge is -2.12. The molecule has 8 nitrogen and oxygen atoms in total. The monoisotopic (exact) mass is 479 g/mol. The predicted octanol–water partition coefficient (Wildman–Crippen LogP) is 4.38. The molecule has 0 spiro atoms. The molecule has 1 aromatic heterocycles. The maximum absolute atomic E-state index is 12.8. The van der Waals surface area contributed by atoms with Gasteiger partial charge in [0, 0.05) is 4.88 Å². The average Bonchev–Trinajstić information content (AvgIpc) is 3.19. The van der Waals surface area contributed by atoms with Crippen molar-refractivity contribution >= 4 is 34.3 Å². The smallest absolute Gasteiger partial charge is 0.344 e. The molecular weight excluding hydrogens is 454 g/mol. The van der Waals surface area contributed by atoms with E-state index < -0.39 is 11.9 Å². The van der Waals surface area contributed by atoms with Crippen molar-refractivity contribution < 1.29 is 23.8 Å². The Hall–Kier alpha value is -3.82. The first kappa shape index (κ1) is 24.8. The molecule has 0 unspecified atom stereocenters. The number of anilines is 1. The van der Waals surface area contributed by atoms with Crippen molar-refractivity contribution in [2.24, 2.45) is 0 Å². The molecule has 9 heteroatoms. The Morgan fingerprint density at radius 1 is 1.12 bits per heavy atom. The van der Waals surface area contributed by atoms with Crippen molar-refractivity contribution in [3.05, 3.63) is 45.3 Å². The number of carbonyl (C=O) groups excluding carboxylic acids is 2. The van der Waals surface area contributed by atoms with Crippen molar-refractivity contribution in [1.82, 2.24) is 0 Å². The van der Waals surface area contributed by atoms with Gasteiger partial charge in [-0.2, -0.15) is 10.5 Å². The topological polar surface area (TPSA) is 121 Å². The number of nitrogens with zero attached hydrogens (tertiary/aromatic N) is 2. The van der Waals surface area contributed by atoms with E-state index in [1.165, 1.54) is 17.4 Å². The van der Waals surface area contributed by atoms with E-state index in [0.717, 1.165) is 36.1 Å². The van der Waals surface area contributed by atoms with E-state index in [1.807, 2.05) is 6.07 Å². The summed E-state index contributed by atoms with van der Waals surface area (Å²) in [6.07, 6.45) is 5.26. The van der Waals surface area contributed by atoms with Crippen molar-refractivity contribution in [3.8, 4) is 23.6 Å². The summed E-state index contributed by atoms with van der Waals surface area (Å²) in [5.74, 6) is -0.365. The number of nitrogens with one attached hydrogen (secondary N) is 1. The van der Waals surface area contributed by atoms with Crippen LogP contribution in [0.4, 0.5) is 5.00 Å². The van der Waals surface area contributed by atoms with Crippen LogP contribution in [0.25, 0.3) is 6.08 Å². The molecule has 34 heavy (non-hydrogen) atoms. The minimum Gasteiger partial charge on any atom is -0.490 e. The van der Waals surface area contributed by atoms with Crippen LogP contribution < -0.4 is 14.8 Å². The van der Waals surface area contributed by atoms with Crippen LogP contribution >= 0.6 is 11.3 Å². The zero-order valence-corrected chi connectivity index (χ0v) is 19.9. The van der Waals surface area contributed by atoms with Gasteiger partial charge in [-0.1, -0.05) is 6.07 Å². The van der Waals surface area contributed by atoms with Gasteiger partial charge in [0.05, 0.1) is 18.8 Å². The number of carbonyl (C=O) groups is 2. The van der Waals surface area contributed by atoms with Gasteiger partial charge in [-0.25, -0.2) is 4.79 Å². The van der Waals surface area contributed by atoms with Crippen LogP contribution in [0.2, 0.25) is 0 Å². The normalized spacial score (nSPS) is 12.6. The van der Waals surface area contributed by atoms with Gasteiger partial charge in [-0.15, -0.1) is 11.3 Å². The van der Waals surface area contributed by atoms with Crippen LogP contribution in [0.1, 0.15) is 48.3 Å². The number of hydrogen-bond acceptors (Lipinski definition) is 8. The minimum absolute atomic E-state index is 0.113. The summed E-state index contributed by atoms with van der Waals surface area (Å²) < 4.78 is 15.9. The molecule has 176 valence electrons. The average molecular weight is 480 g/mol. The summed E-state index contributed by atoms with van der Waals surface area (Å²) in [6.45, 7) is 3.86. The van der Waals surface area contributed by atoms with Crippen LogP contribution in [0.3, 0.4) is 0 Å². The highest BCUT2D eigenvalue weighted by Crippen LogP contribution is 2.38. The molecule has 0 radical (unpaired) electrons. The molecule has 0 bridgehead atoms. The number of ether oxygens (including phenoxy) is 3. The largest absolute Gasteiger partial charge is 0.490 e. The summed E-state index contributed by atoms with van der Waals surface area (Å²) >= 11 is 1.41. The molecule has 1 aromatic carbocycles. The van der Waals surface area contributed by atoms with Gasteiger partial charge >= 0.3 is 5.97 Å². The van der Waals surface area contributed by atoms with Crippen LogP contribution in [0.5, 0.6) is 11.5 Å². The molecule has 1 aliphatic rings. The number of esters is 1. The Bertz CT molecular complexity index is 1190. The van der Waals surface area contributed by atoms with Crippen molar-refractivity contribution in [1.29, 1.82) is 10.5 Å². The van der Waals surface area contributed by atoms with Crippen molar-refractivity contribution in [2.75, 3.05) is 25.1 Å². The zero-order valence-electron chi connectivity index (χ0n) is 19.1. The zero-order chi connectivity index (χ0) is 24.5. The third-order valence-electron chi connectivity index (χ3n) is 5.10. The van der Waals surface area contributed by atoms with Gasteiger partial charge in [-0.3, -0.25) is 4.79 Å². The van der Waals surface area contributed by atoms with E-state index in [2.05, 4.69) is 11.4 Å². The molecule has 2 aromatic rings. The first-order chi connectivity index (χ1) is 16.5. The van der Waals surface area contributed by atoms with Crippen LogP contribution in [0.15, 0.2) is 23.8 Å². The fourth-order valence-electron chi connectivity index (χ4n) is 3.60. The summed E-state index contributed by atoms with van der Waals surface area (Å²) in [5, 5.41) is 22.4. The van der Waals surface area contributed by atoms with E-state index in [9.17, 15) is 20.1 Å². The van der Waals surface area contributed by atoms with Gasteiger partial charge in [0.25, 0.3) is 5.91 Å². The Morgan fingerprint density at radius 2 is 1.91 bits per heavy atom. The fraction of sp³-hybridized carbons (Fsp3) is 0.360. The standard InChI is InChI=1S/C25H25N3O5S/c1-3-31-21-12-16(9-10-20(21)33-15-23(29)32-4-2)11-17(13-26)24(30)28-25-19(14-27)18-7-5-6-8-22(18)34-25/h9-12H,3-8,15H2,1-2H3,(H,28,30)/b17-11+.